The number of carbonyl (C=O) groups excluding carboxylic acids is 1. The number of aryl methyl sites for hydroxylation is 1. The third-order valence-electron chi connectivity index (χ3n) is 3.70. The van der Waals surface area contributed by atoms with E-state index in [0.717, 1.165) is 5.69 Å². The Bertz CT molecular complexity index is 974. The van der Waals surface area contributed by atoms with Gasteiger partial charge in [-0.1, -0.05) is 12.1 Å². The van der Waals surface area contributed by atoms with Gasteiger partial charge in [0, 0.05) is 17.4 Å². The van der Waals surface area contributed by atoms with Crippen molar-refractivity contribution in [3.63, 3.8) is 0 Å². The molecule has 3 rings (SSSR count). The van der Waals surface area contributed by atoms with Crippen molar-refractivity contribution in [3.8, 4) is 5.88 Å². The Morgan fingerprint density at radius 1 is 1.04 bits per heavy atom. The summed E-state index contributed by atoms with van der Waals surface area (Å²) >= 11 is 0. The van der Waals surface area contributed by atoms with Crippen molar-refractivity contribution >= 4 is 23.1 Å². The number of nitrogens with one attached hydrogen (secondary N) is 2. The lowest BCUT2D eigenvalue weighted by molar-refractivity contribution is 0.102. The van der Waals surface area contributed by atoms with Gasteiger partial charge in [0.1, 0.15) is 17.5 Å². The van der Waals surface area contributed by atoms with Gasteiger partial charge in [0.05, 0.1) is 11.7 Å². The molecule has 144 valence electrons. The molecular formula is C21H21FN4O2. The van der Waals surface area contributed by atoms with Gasteiger partial charge in [0.25, 0.3) is 5.91 Å². The third-order valence-corrected chi connectivity index (χ3v) is 3.70. The Morgan fingerprint density at radius 3 is 2.39 bits per heavy atom. The fraction of sp³-hybridized carbons (Fsp3) is 0.190. The summed E-state index contributed by atoms with van der Waals surface area (Å²) in [5.41, 5.74) is 1.33. The van der Waals surface area contributed by atoms with Crippen LogP contribution in [0.3, 0.4) is 0 Å². The first-order valence-corrected chi connectivity index (χ1v) is 8.86. The summed E-state index contributed by atoms with van der Waals surface area (Å²) in [4.78, 5) is 20.8. The predicted molar refractivity (Wildman–Crippen MR) is 107 cm³/mol. The van der Waals surface area contributed by atoms with E-state index in [1.54, 1.807) is 49.4 Å². The molecule has 6 nitrogen and oxygen atoms in total. The number of hydrogen-bond donors (Lipinski definition) is 2. The number of amides is 1. The third kappa shape index (κ3) is 5.03. The molecule has 0 saturated carbocycles. The standard InChI is InChI=1S/C21H21FN4O2/c1-13(2)28-20-12-19(23-14(3)24-20)25-15-8-10-16(11-9-15)26-21(27)17-6-4-5-7-18(17)22/h4-13H,1-3H3,(H,26,27)(H,23,24,25). The van der Waals surface area contributed by atoms with Crippen LogP contribution in [-0.2, 0) is 0 Å². The number of nitrogens with zero attached hydrogens (tertiary/aromatic N) is 2. The van der Waals surface area contributed by atoms with Crippen molar-refractivity contribution in [2.24, 2.45) is 0 Å². The van der Waals surface area contributed by atoms with E-state index in [1.807, 2.05) is 13.8 Å². The minimum Gasteiger partial charge on any atom is -0.475 e. The van der Waals surface area contributed by atoms with E-state index < -0.39 is 11.7 Å². The fourth-order valence-electron chi connectivity index (χ4n) is 2.53. The molecule has 7 heteroatoms. The largest absolute Gasteiger partial charge is 0.475 e. The zero-order chi connectivity index (χ0) is 20.1. The summed E-state index contributed by atoms with van der Waals surface area (Å²) in [5.74, 6) is 0.636. The molecule has 0 radical (unpaired) electrons. The Hall–Kier alpha value is -3.48. The van der Waals surface area contributed by atoms with Crippen LogP contribution in [0.5, 0.6) is 5.88 Å². The van der Waals surface area contributed by atoms with Gasteiger partial charge in [-0.05, 0) is 57.2 Å². The quantitative estimate of drug-likeness (QED) is 0.648. The van der Waals surface area contributed by atoms with E-state index in [0.29, 0.717) is 23.2 Å². The van der Waals surface area contributed by atoms with E-state index in [4.69, 9.17) is 4.74 Å². The van der Waals surface area contributed by atoms with Gasteiger partial charge in [-0.2, -0.15) is 4.98 Å². The highest BCUT2D eigenvalue weighted by Crippen LogP contribution is 2.21. The van der Waals surface area contributed by atoms with Crippen LogP contribution in [0, 0.1) is 12.7 Å². The van der Waals surface area contributed by atoms with Gasteiger partial charge in [0.15, 0.2) is 0 Å². The molecule has 2 aromatic carbocycles. The number of benzene rings is 2. The van der Waals surface area contributed by atoms with E-state index in [1.165, 1.54) is 12.1 Å². The summed E-state index contributed by atoms with van der Waals surface area (Å²) in [6, 6.07) is 14.6. The summed E-state index contributed by atoms with van der Waals surface area (Å²) in [6.07, 6.45) is 0.0134. The molecule has 0 atom stereocenters. The molecule has 0 unspecified atom stereocenters. The zero-order valence-electron chi connectivity index (χ0n) is 15.9. The highest BCUT2D eigenvalue weighted by Gasteiger charge is 2.11. The summed E-state index contributed by atoms with van der Waals surface area (Å²) < 4.78 is 19.3. The van der Waals surface area contributed by atoms with Crippen LogP contribution in [0.15, 0.2) is 54.6 Å². The Kier molecular flexibility index (Phi) is 5.84. The SMILES string of the molecule is Cc1nc(Nc2ccc(NC(=O)c3ccccc3F)cc2)cc(OC(C)C)n1. The number of rotatable bonds is 6. The first kappa shape index (κ1) is 19.3. The molecule has 28 heavy (non-hydrogen) atoms. The van der Waals surface area contributed by atoms with Crippen molar-refractivity contribution in [2.45, 2.75) is 26.9 Å². The molecule has 1 amide bonds. The van der Waals surface area contributed by atoms with Crippen molar-refractivity contribution in [1.29, 1.82) is 0 Å². The second kappa shape index (κ2) is 8.47. The summed E-state index contributed by atoms with van der Waals surface area (Å²) in [6.45, 7) is 5.65. The van der Waals surface area contributed by atoms with Crippen molar-refractivity contribution < 1.29 is 13.9 Å². The topological polar surface area (TPSA) is 76.1 Å². The normalized spacial score (nSPS) is 10.6. The summed E-state index contributed by atoms with van der Waals surface area (Å²) in [7, 11) is 0. The van der Waals surface area contributed by atoms with E-state index in [2.05, 4.69) is 20.6 Å². The molecule has 1 heterocycles. The zero-order valence-corrected chi connectivity index (χ0v) is 15.9. The average molecular weight is 380 g/mol. The van der Waals surface area contributed by atoms with Crippen LogP contribution in [0.4, 0.5) is 21.6 Å². The number of carbonyl (C=O) groups is 1. The van der Waals surface area contributed by atoms with Gasteiger partial charge in [-0.3, -0.25) is 4.79 Å². The second-order valence-electron chi connectivity index (χ2n) is 6.44. The van der Waals surface area contributed by atoms with E-state index in [-0.39, 0.29) is 11.7 Å². The van der Waals surface area contributed by atoms with Crippen LogP contribution in [0.2, 0.25) is 0 Å². The number of halogens is 1. The molecule has 0 aliphatic heterocycles. The molecule has 0 saturated heterocycles. The van der Waals surface area contributed by atoms with Crippen LogP contribution in [0.25, 0.3) is 0 Å². The highest BCUT2D eigenvalue weighted by molar-refractivity contribution is 6.04. The van der Waals surface area contributed by atoms with Crippen LogP contribution in [0.1, 0.15) is 30.0 Å². The van der Waals surface area contributed by atoms with Crippen LogP contribution in [-0.4, -0.2) is 22.0 Å². The van der Waals surface area contributed by atoms with Crippen molar-refractivity contribution in [3.05, 3.63) is 71.8 Å². The van der Waals surface area contributed by atoms with E-state index in [9.17, 15) is 9.18 Å². The molecular weight excluding hydrogens is 359 g/mol. The maximum atomic E-state index is 13.7. The van der Waals surface area contributed by atoms with Crippen molar-refractivity contribution in [2.75, 3.05) is 10.6 Å². The lowest BCUT2D eigenvalue weighted by atomic mass is 10.2. The Labute approximate surface area is 162 Å². The van der Waals surface area contributed by atoms with Gasteiger partial charge in [-0.25, -0.2) is 9.37 Å². The smallest absolute Gasteiger partial charge is 0.258 e. The highest BCUT2D eigenvalue weighted by atomic mass is 19.1. The molecule has 0 aliphatic rings. The number of anilines is 3. The second-order valence-corrected chi connectivity index (χ2v) is 6.44. The Balaban J connectivity index is 1.69. The van der Waals surface area contributed by atoms with Gasteiger partial charge in [-0.15, -0.1) is 0 Å². The molecule has 0 fully saturated rings. The van der Waals surface area contributed by atoms with Crippen LogP contribution >= 0.6 is 0 Å². The van der Waals surface area contributed by atoms with E-state index >= 15 is 0 Å². The molecule has 3 aromatic rings. The summed E-state index contributed by atoms with van der Waals surface area (Å²) in [5, 5.41) is 5.85. The number of aromatic nitrogens is 2. The van der Waals surface area contributed by atoms with Gasteiger partial charge >= 0.3 is 0 Å². The minimum atomic E-state index is -0.558. The lowest BCUT2D eigenvalue weighted by Crippen LogP contribution is -2.13. The average Bonchev–Trinajstić information content (AvgIpc) is 2.62. The Morgan fingerprint density at radius 2 is 1.71 bits per heavy atom. The monoisotopic (exact) mass is 380 g/mol. The van der Waals surface area contributed by atoms with Crippen molar-refractivity contribution in [1.82, 2.24) is 9.97 Å². The molecule has 2 N–H and O–H groups in total. The first-order chi connectivity index (χ1) is 13.4. The van der Waals surface area contributed by atoms with Gasteiger partial charge in [0.2, 0.25) is 5.88 Å². The molecule has 0 aliphatic carbocycles. The fourth-order valence-corrected chi connectivity index (χ4v) is 2.53. The molecule has 0 bridgehead atoms. The molecule has 1 aromatic heterocycles. The minimum absolute atomic E-state index is 0.00107. The maximum absolute atomic E-state index is 13.7. The van der Waals surface area contributed by atoms with Gasteiger partial charge < -0.3 is 15.4 Å². The number of ether oxygens (including phenoxy) is 1. The molecule has 0 spiro atoms. The first-order valence-electron chi connectivity index (χ1n) is 8.86. The lowest BCUT2D eigenvalue weighted by Gasteiger charge is -2.12. The predicted octanol–water partition coefficient (Wildman–Crippen LogP) is 4.71. The maximum Gasteiger partial charge on any atom is 0.258 e. The number of hydrogen-bond acceptors (Lipinski definition) is 5. The van der Waals surface area contributed by atoms with Crippen LogP contribution < -0.4 is 15.4 Å².